The number of aromatic nitrogens is 1. The number of non-ortho nitro benzene ring substituents is 1. The number of carbonyl (C=O) groups excluding carboxylic acids is 1. The van der Waals surface area contributed by atoms with Crippen molar-refractivity contribution in [1.82, 2.24) is 9.47 Å². The summed E-state index contributed by atoms with van der Waals surface area (Å²) in [5.74, 6) is 0.0498. The highest BCUT2D eigenvalue weighted by Gasteiger charge is 2.27. The number of nitro groups is 1. The third-order valence-electron chi connectivity index (χ3n) is 4.16. The van der Waals surface area contributed by atoms with E-state index in [-0.39, 0.29) is 24.1 Å². The van der Waals surface area contributed by atoms with E-state index in [0.29, 0.717) is 6.54 Å². The van der Waals surface area contributed by atoms with Crippen LogP contribution in [0.5, 0.6) is 0 Å². The van der Waals surface area contributed by atoms with Gasteiger partial charge in [-0.3, -0.25) is 14.9 Å². The molecule has 1 aromatic carbocycles. The van der Waals surface area contributed by atoms with E-state index in [2.05, 4.69) is 4.57 Å². The second-order valence-electron chi connectivity index (χ2n) is 5.49. The fourth-order valence-corrected chi connectivity index (χ4v) is 2.93. The van der Waals surface area contributed by atoms with E-state index in [1.807, 2.05) is 30.2 Å². The molecule has 0 radical (unpaired) electrons. The van der Waals surface area contributed by atoms with Crippen molar-refractivity contribution < 1.29 is 9.72 Å². The maximum atomic E-state index is 12.5. The molecule has 0 spiro atoms. The summed E-state index contributed by atoms with van der Waals surface area (Å²) in [6.45, 7) is 3.52. The summed E-state index contributed by atoms with van der Waals surface area (Å²) < 4.78 is 2.17. The molecule has 1 amide bonds. The van der Waals surface area contributed by atoms with Gasteiger partial charge in [0, 0.05) is 37.1 Å². The minimum atomic E-state index is -0.438. The molecular formula is C16H17N3O3. The smallest absolute Gasteiger partial charge is 0.269 e. The molecule has 1 aromatic heterocycles. The van der Waals surface area contributed by atoms with E-state index in [9.17, 15) is 14.9 Å². The molecule has 1 aliphatic heterocycles. The van der Waals surface area contributed by atoms with Crippen molar-refractivity contribution in [3.05, 3.63) is 64.0 Å². The molecule has 0 saturated heterocycles. The molecule has 1 atom stereocenters. The summed E-state index contributed by atoms with van der Waals surface area (Å²) in [4.78, 5) is 24.6. The topological polar surface area (TPSA) is 68.4 Å². The van der Waals surface area contributed by atoms with Gasteiger partial charge in [0.25, 0.3) is 5.69 Å². The fourth-order valence-electron chi connectivity index (χ4n) is 2.93. The summed E-state index contributed by atoms with van der Waals surface area (Å²) in [5.41, 5.74) is 1.98. The third kappa shape index (κ3) is 2.59. The Morgan fingerprint density at radius 1 is 1.27 bits per heavy atom. The first-order valence-electron chi connectivity index (χ1n) is 7.24. The highest BCUT2D eigenvalue weighted by molar-refractivity contribution is 5.79. The van der Waals surface area contributed by atoms with Gasteiger partial charge < -0.3 is 9.47 Å². The molecular weight excluding hydrogens is 282 g/mol. The molecule has 6 heteroatoms. The van der Waals surface area contributed by atoms with Gasteiger partial charge in [-0.05, 0) is 24.6 Å². The molecule has 3 rings (SSSR count). The Labute approximate surface area is 128 Å². The minimum absolute atomic E-state index is 0.0420. The fraction of sp³-hybridized carbons (Fsp3) is 0.312. The van der Waals surface area contributed by atoms with E-state index < -0.39 is 4.92 Å². The monoisotopic (exact) mass is 299 g/mol. The standard InChI is InChI=1S/C16H17N3O3/c1-12-15-3-2-8-17(15)9-10-18(12)16(20)11-13-4-6-14(7-5-13)19(21)22/h2-8,12H,9-11H2,1H3/t12-/m0/s1. The quantitative estimate of drug-likeness (QED) is 0.646. The Bertz CT molecular complexity index is 706. The normalized spacial score (nSPS) is 17.1. The number of nitrogens with zero attached hydrogens (tertiary/aromatic N) is 3. The van der Waals surface area contributed by atoms with E-state index in [1.54, 1.807) is 12.1 Å². The van der Waals surface area contributed by atoms with Crippen LogP contribution in [0.3, 0.4) is 0 Å². The van der Waals surface area contributed by atoms with Crippen LogP contribution in [0.25, 0.3) is 0 Å². The zero-order valence-corrected chi connectivity index (χ0v) is 12.3. The number of hydrogen-bond donors (Lipinski definition) is 0. The van der Waals surface area contributed by atoms with E-state index in [0.717, 1.165) is 17.8 Å². The molecule has 0 bridgehead atoms. The van der Waals surface area contributed by atoms with E-state index >= 15 is 0 Å². The summed E-state index contributed by atoms with van der Waals surface area (Å²) in [7, 11) is 0. The van der Waals surface area contributed by atoms with Crippen molar-refractivity contribution >= 4 is 11.6 Å². The first-order chi connectivity index (χ1) is 10.6. The first kappa shape index (κ1) is 14.3. The van der Waals surface area contributed by atoms with Crippen molar-refractivity contribution in [3.8, 4) is 0 Å². The van der Waals surface area contributed by atoms with Gasteiger partial charge in [-0.1, -0.05) is 12.1 Å². The number of rotatable bonds is 3. The SMILES string of the molecule is C[C@H]1c2cccn2CCN1C(=O)Cc1ccc([N+](=O)[O-])cc1. The van der Waals surface area contributed by atoms with Crippen LogP contribution in [0, 0.1) is 10.1 Å². The number of hydrogen-bond acceptors (Lipinski definition) is 3. The summed E-state index contributed by atoms with van der Waals surface area (Å²) in [6.07, 6.45) is 2.30. The Balaban J connectivity index is 1.71. The highest BCUT2D eigenvalue weighted by Crippen LogP contribution is 2.26. The van der Waals surface area contributed by atoms with Gasteiger partial charge in [-0.2, -0.15) is 0 Å². The summed E-state index contributed by atoms with van der Waals surface area (Å²) >= 11 is 0. The summed E-state index contributed by atoms with van der Waals surface area (Å²) in [5, 5.41) is 10.6. The second-order valence-corrected chi connectivity index (χ2v) is 5.49. The lowest BCUT2D eigenvalue weighted by molar-refractivity contribution is -0.384. The molecule has 2 aromatic rings. The maximum absolute atomic E-state index is 12.5. The van der Waals surface area contributed by atoms with Crippen LogP contribution in [0.2, 0.25) is 0 Å². The Hall–Kier alpha value is -2.63. The average molecular weight is 299 g/mol. The highest BCUT2D eigenvalue weighted by atomic mass is 16.6. The van der Waals surface area contributed by atoms with Crippen LogP contribution in [-0.2, 0) is 17.8 Å². The van der Waals surface area contributed by atoms with Gasteiger partial charge in [0.2, 0.25) is 5.91 Å². The van der Waals surface area contributed by atoms with Gasteiger partial charge in [0.1, 0.15) is 0 Å². The number of amides is 1. The van der Waals surface area contributed by atoms with Gasteiger partial charge in [0.15, 0.2) is 0 Å². The van der Waals surface area contributed by atoms with Crippen molar-refractivity contribution in [2.45, 2.75) is 25.9 Å². The molecule has 0 aliphatic carbocycles. The zero-order valence-electron chi connectivity index (χ0n) is 12.3. The molecule has 6 nitrogen and oxygen atoms in total. The zero-order chi connectivity index (χ0) is 15.7. The third-order valence-corrected chi connectivity index (χ3v) is 4.16. The van der Waals surface area contributed by atoms with Crippen molar-refractivity contribution in [2.75, 3.05) is 6.54 Å². The minimum Gasteiger partial charge on any atom is -0.348 e. The predicted molar refractivity (Wildman–Crippen MR) is 81.4 cm³/mol. The molecule has 1 aliphatic rings. The Morgan fingerprint density at radius 2 is 2.00 bits per heavy atom. The molecule has 22 heavy (non-hydrogen) atoms. The van der Waals surface area contributed by atoms with Gasteiger partial charge in [0.05, 0.1) is 17.4 Å². The van der Waals surface area contributed by atoms with E-state index in [4.69, 9.17) is 0 Å². The van der Waals surface area contributed by atoms with Gasteiger partial charge >= 0.3 is 0 Å². The Morgan fingerprint density at radius 3 is 2.68 bits per heavy atom. The molecule has 0 N–H and O–H groups in total. The lowest BCUT2D eigenvalue weighted by Gasteiger charge is -2.35. The van der Waals surface area contributed by atoms with E-state index in [1.165, 1.54) is 12.1 Å². The van der Waals surface area contributed by atoms with Crippen LogP contribution in [0.1, 0.15) is 24.2 Å². The second kappa shape index (κ2) is 5.63. The van der Waals surface area contributed by atoms with Crippen LogP contribution >= 0.6 is 0 Å². The summed E-state index contributed by atoms with van der Waals surface area (Å²) in [6, 6.07) is 10.3. The van der Waals surface area contributed by atoms with Crippen LogP contribution < -0.4 is 0 Å². The van der Waals surface area contributed by atoms with Crippen LogP contribution in [0.4, 0.5) is 5.69 Å². The van der Waals surface area contributed by atoms with Crippen molar-refractivity contribution in [3.63, 3.8) is 0 Å². The number of benzene rings is 1. The van der Waals surface area contributed by atoms with Gasteiger partial charge in [-0.25, -0.2) is 0 Å². The first-order valence-corrected chi connectivity index (χ1v) is 7.24. The maximum Gasteiger partial charge on any atom is 0.269 e. The number of nitro benzene ring substituents is 1. The number of carbonyl (C=O) groups is 1. The largest absolute Gasteiger partial charge is 0.348 e. The lowest BCUT2D eigenvalue weighted by atomic mass is 10.1. The van der Waals surface area contributed by atoms with Crippen LogP contribution in [0.15, 0.2) is 42.6 Å². The lowest BCUT2D eigenvalue weighted by Crippen LogP contribution is -2.41. The molecule has 2 heterocycles. The Kier molecular flexibility index (Phi) is 3.66. The predicted octanol–water partition coefficient (Wildman–Crippen LogP) is 2.54. The number of fused-ring (bicyclic) bond motifs is 1. The van der Waals surface area contributed by atoms with Crippen LogP contribution in [-0.4, -0.2) is 26.8 Å². The molecule has 0 fully saturated rings. The average Bonchev–Trinajstić information content (AvgIpc) is 2.97. The molecule has 114 valence electrons. The van der Waals surface area contributed by atoms with Crippen molar-refractivity contribution in [2.24, 2.45) is 0 Å². The van der Waals surface area contributed by atoms with Gasteiger partial charge in [-0.15, -0.1) is 0 Å². The van der Waals surface area contributed by atoms with Crippen molar-refractivity contribution in [1.29, 1.82) is 0 Å². The molecule has 0 saturated carbocycles. The molecule has 0 unspecified atom stereocenters.